The standard InChI is InChI=1S/C16H20N4O3/c1-11(2)16(23)18-8-7-17-15(22)10-20-13-6-4-3-5-12(13)14(21)9-19-20/h3-6,9,11H,7-8,10H2,1-2H3,(H,17,22)(H,18,23). The van der Waals surface area contributed by atoms with Gasteiger partial charge in [-0.2, -0.15) is 5.10 Å². The molecule has 2 N–H and O–H groups in total. The summed E-state index contributed by atoms with van der Waals surface area (Å²) in [6, 6.07) is 7.01. The van der Waals surface area contributed by atoms with Crippen molar-refractivity contribution in [2.24, 2.45) is 5.92 Å². The summed E-state index contributed by atoms with van der Waals surface area (Å²) in [5.74, 6) is -0.361. The lowest BCUT2D eigenvalue weighted by molar-refractivity contribution is -0.125. The first-order valence-corrected chi connectivity index (χ1v) is 7.48. The summed E-state index contributed by atoms with van der Waals surface area (Å²) in [5, 5.41) is 9.96. The molecule has 1 aromatic heterocycles. The molecule has 1 aromatic carbocycles. The van der Waals surface area contributed by atoms with E-state index in [0.717, 1.165) is 0 Å². The van der Waals surface area contributed by atoms with Gasteiger partial charge in [-0.3, -0.25) is 19.1 Å². The van der Waals surface area contributed by atoms with Crippen molar-refractivity contribution < 1.29 is 9.59 Å². The minimum Gasteiger partial charge on any atom is -0.354 e. The fourth-order valence-electron chi connectivity index (χ4n) is 2.07. The zero-order chi connectivity index (χ0) is 16.8. The average Bonchev–Trinajstić information content (AvgIpc) is 2.54. The van der Waals surface area contributed by atoms with E-state index in [9.17, 15) is 14.4 Å². The second-order valence-corrected chi connectivity index (χ2v) is 5.48. The van der Waals surface area contributed by atoms with Gasteiger partial charge in [-0.05, 0) is 12.1 Å². The van der Waals surface area contributed by atoms with Gasteiger partial charge >= 0.3 is 0 Å². The lowest BCUT2D eigenvalue weighted by Crippen LogP contribution is -2.37. The van der Waals surface area contributed by atoms with Crippen LogP contribution >= 0.6 is 0 Å². The molecule has 0 saturated heterocycles. The predicted molar refractivity (Wildman–Crippen MR) is 86.9 cm³/mol. The number of fused-ring (bicyclic) bond motifs is 1. The van der Waals surface area contributed by atoms with E-state index in [1.54, 1.807) is 38.1 Å². The molecule has 0 atom stereocenters. The number of nitrogens with zero attached hydrogens (tertiary/aromatic N) is 2. The molecule has 0 unspecified atom stereocenters. The van der Waals surface area contributed by atoms with Crippen molar-refractivity contribution in [3.8, 4) is 0 Å². The van der Waals surface area contributed by atoms with Crippen molar-refractivity contribution in [1.29, 1.82) is 0 Å². The van der Waals surface area contributed by atoms with E-state index in [-0.39, 0.29) is 29.7 Å². The molecule has 2 rings (SSSR count). The van der Waals surface area contributed by atoms with Gasteiger partial charge in [0.2, 0.25) is 17.2 Å². The molecule has 0 aliphatic heterocycles. The minimum absolute atomic E-state index is 0.0128. The van der Waals surface area contributed by atoms with E-state index in [4.69, 9.17) is 0 Å². The van der Waals surface area contributed by atoms with Crippen molar-refractivity contribution in [2.75, 3.05) is 13.1 Å². The molecule has 2 amide bonds. The molecule has 23 heavy (non-hydrogen) atoms. The molecule has 0 bridgehead atoms. The van der Waals surface area contributed by atoms with E-state index in [1.807, 2.05) is 0 Å². The second-order valence-electron chi connectivity index (χ2n) is 5.48. The van der Waals surface area contributed by atoms with Crippen LogP contribution in [0.15, 0.2) is 35.3 Å². The zero-order valence-electron chi connectivity index (χ0n) is 13.2. The SMILES string of the molecule is CC(C)C(=O)NCCNC(=O)Cn1ncc(=O)c2ccccc21. The third-order valence-corrected chi connectivity index (χ3v) is 3.33. The van der Waals surface area contributed by atoms with Gasteiger partial charge in [0.1, 0.15) is 6.54 Å². The molecule has 0 radical (unpaired) electrons. The number of nitrogens with one attached hydrogen (secondary N) is 2. The Morgan fingerprint density at radius 3 is 2.61 bits per heavy atom. The number of hydrogen-bond donors (Lipinski definition) is 2. The second kappa shape index (κ2) is 7.53. The highest BCUT2D eigenvalue weighted by Gasteiger charge is 2.08. The zero-order valence-corrected chi connectivity index (χ0v) is 13.2. The summed E-state index contributed by atoms with van der Waals surface area (Å²) >= 11 is 0. The van der Waals surface area contributed by atoms with E-state index in [0.29, 0.717) is 24.0 Å². The van der Waals surface area contributed by atoms with Crippen LogP contribution in [0.2, 0.25) is 0 Å². The van der Waals surface area contributed by atoms with E-state index >= 15 is 0 Å². The molecule has 0 saturated carbocycles. The number of hydrogen-bond acceptors (Lipinski definition) is 4. The third kappa shape index (κ3) is 4.38. The van der Waals surface area contributed by atoms with Crippen LogP contribution in [0.3, 0.4) is 0 Å². The number of carbonyl (C=O) groups excluding carboxylic acids is 2. The molecule has 7 nitrogen and oxygen atoms in total. The van der Waals surface area contributed by atoms with Crippen molar-refractivity contribution in [3.63, 3.8) is 0 Å². The van der Waals surface area contributed by atoms with Gasteiger partial charge in [-0.25, -0.2) is 0 Å². The fraction of sp³-hybridized carbons (Fsp3) is 0.375. The number of aromatic nitrogens is 2. The lowest BCUT2D eigenvalue weighted by atomic mass is 10.2. The Labute approximate surface area is 133 Å². The van der Waals surface area contributed by atoms with Crippen LogP contribution in [-0.2, 0) is 16.1 Å². The minimum atomic E-state index is -0.231. The van der Waals surface area contributed by atoms with Gasteiger partial charge in [-0.15, -0.1) is 0 Å². The monoisotopic (exact) mass is 316 g/mol. The van der Waals surface area contributed by atoms with Gasteiger partial charge in [-0.1, -0.05) is 26.0 Å². The fourth-order valence-corrected chi connectivity index (χ4v) is 2.07. The van der Waals surface area contributed by atoms with Crippen molar-refractivity contribution in [2.45, 2.75) is 20.4 Å². The van der Waals surface area contributed by atoms with Crippen LogP contribution in [0.4, 0.5) is 0 Å². The first kappa shape index (κ1) is 16.7. The molecule has 0 aliphatic rings. The molecule has 7 heteroatoms. The quantitative estimate of drug-likeness (QED) is 0.749. The number of rotatable bonds is 6. The van der Waals surface area contributed by atoms with E-state index in [1.165, 1.54) is 10.9 Å². The Morgan fingerprint density at radius 1 is 1.17 bits per heavy atom. The highest BCUT2D eigenvalue weighted by molar-refractivity contribution is 5.81. The number of para-hydroxylation sites is 1. The summed E-state index contributed by atoms with van der Waals surface area (Å²) < 4.78 is 1.48. The summed E-state index contributed by atoms with van der Waals surface area (Å²) in [4.78, 5) is 35.1. The first-order valence-electron chi connectivity index (χ1n) is 7.48. The van der Waals surface area contributed by atoms with Gasteiger partial charge < -0.3 is 10.6 Å². The number of benzene rings is 1. The molecule has 2 aromatic rings. The maximum Gasteiger partial charge on any atom is 0.241 e. The van der Waals surface area contributed by atoms with Crippen LogP contribution in [0, 0.1) is 5.92 Å². The normalized spacial score (nSPS) is 10.7. The molecule has 0 spiro atoms. The molecule has 0 fully saturated rings. The summed E-state index contributed by atoms with van der Waals surface area (Å²) in [7, 11) is 0. The van der Waals surface area contributed by atoms with Crippen LogP contribution in [0.1, 0.15) is 13.8 Å². The van der Waals surface area contributed by atoms with Crippen molar-refractivity contribution in [3.05, 3.63) is 40.7 Å². The highest BCUT2D eigenvalue weighted by atomic mass is 16.2. The Balaban J connectivity index is 1.93. The maximum absolute atomic E-state index is 12.0. The smallest absolute Gasteiger partial charge is 0.241 e. The molecule has 122 valence electrons. The van der Waals surface area contributed by atoms with Gasteiger partial charge in [0.05, 0.1) is 11.7 Å². The first-order chi connectivity index (χ1) is 11.0. The van der Waals surface area contributed by atoms with Gasteiger partial charge in [0, 0.05) is 24.4 Å². The van der Waals surface area contributed by atoms with Crippen LogP contribution in [0.5, 0.6) is 0 Å². The molecular formula is C16H20N4O3. The van der Waals surface area contributed by atoms with Crippen LogP contribution in [-0.4, -0.2) is 34.7 Å². The highest BCUT2D eigenvalue weighted by Crippen LogP contribution is 2.07. The Bertz CT molecular complexity index is 767. The largest absolute Gasteiger partial charge is 0.354 e. The lowest BCUT2D eigenvalue weighted by Gasteiger charge is -2.11. The third-order valence-electron chi connectivity index (χ3n) is 3.33. The number of amides is 2. The summed E-state index contributed by atoms with van der Waals surface area (Å²) in [6.45, 7) is 4.34. The molecular weight excluding hydrogens is 296 g/mol. The summed E-state index contributed by atoms with van der Waals surface area (Å²) in [5.41, 5.74) is 0.442. The van der Waals surface area contributed by atoms with Gasteiger partial charge in [0.15, 0.2) is 0 Å². The van der Waals surface area contributed by atoms with Gasteiger partial charge in [0.25, 0.3) is 0 Å². The average molecular weight is 316 g/mol. The summed E-state index contributed by atoms with van der Waals surface area (Å²) in [6.07, 6.45) is 1.21. The predicted octanol–water partition coefficient (Wildman–Crippen LogP) is 0.285. The maximum atomic E-state index is 12.0. The van der Waals surface area contributed by atoms with E-state index < -0.39 is 0 Å². The Morgan fingerprint density at radius 2 is 1.87 bits per heavy atom. The molecule has 1 heterocycles. The van der Waals surface area contributed by atoms with Crippen molar-refractivity contribution in [1.82, 2.24) is 20.4 Å². The molecule has 0 aliphatic carbocycles. The van der Waals surface area contributed by atoms with Crippen LogP contribution < -0.4 is 16.1 Å². The topological polar surface area (TPSA) is 93.1 Å². The Kier molecular flexibility index (Phi) is 5.46. The number of carbonyl (C=O) groups is 2. The van der Waals surface area contributed by atoms with E-state index in [2.05, 4.69) is 15.7 Å². The van der Waals surface area contributed by atoms with Crippen molar-refractivity contribution >= 4 is 22.7 Å². The van der Waals surface area contributed by atoms with Crippen LogP contribution in [0.25, 0.3) is 10.9 Å². The Hall–Kier alpha value is -2.70.